The van der Waals surface area contributed by atoms with Crippen molar-refractivity contribution in [3.05, 3.63) is 42.1 Å². The van der Waals surface area contributed by atoms with Crippen molar-refractivity contribution < 1.29 is 5.11 Å². The number of nitrogens with one attached hydrogen (secondary N) is 1. The third kappa shape index (κ3) is 2.87. The van der Waals surface area contributed by atoms with E-state index in [0.717, 1.165) is 43.5 Å². The average molecular weight is 285 g/mol. The largest absolute Gasteiger partial charge is 0.391 e. The number of aliphatic hydroxyl groups excluding tert-OH is 1. The summed E-state index contributed by atoms with van der Waals surface area (Å²) in [5, 5.41) is 18.2. The third-order valence-corrected chi connectivity index (χ3v) is 4.29. The number of nitrogens with zero attached hydrogens (tertiary/aromatic N) is 2. The van der Waals surface area contributed by atoms with Crippen LogP contribution in [0.4, 0.5) is 0 Å². The van der Waals surface area contributed by atoms with Crippen LogP contribution in [0.5, 0.6) is 0 Å². The molecule has 1 aromatic carbocycles. The summed E-state index contributed by atoms with van der Waals surface area (Å²) in [4.78, 5) is 0. The molecule has 1 fully saturated rings. The van der Waals surface area contributed by atoms with E-state index in [4.69, 9.17) is 0 Å². The lowest BCUT2D eigenvalue weighted by atomic mass is 9.92. The lowest BCUT2D eigenvalue weighted by Gasteiger charge is -2.29. The number of aliphatic hydroxyl groups is 1. The first kappa shape index (κ1) is 14.3. The standard InChI is InChI=1S/C17H23N3O/c1-18-11-14-12-19-20(15-9-5-6-10-16(15)21)17(14)13-7-3-2-4-8-13/h2-4,7-8,12,15-16,18,21H,5-6,9-11H2,1H3. The highest BCUT2D eigenvalue weighted by atomic mass is 16.3. The lowest BCUT2D eigenvalue weighted by Crippen LogP contribution is -2.29. The molecule has 112 valence electrons. The maximum absolute atomic E-state index is 10.4. The van der Waals surface area contributed by atoms with Gasteiger partial charge in [-0.3, -0.25) is 4.68 Å². The second-order valence-electron chi connectivity index (χ2n) is 5.78. The zero-order chi connectivity index (χ0) is 14.7. The van der Waals surface area contributed by atoms with Crippen molar-refractivity contribution in [3.63, 3.8) is 0 Å². The summed E-state index contributed by atoms with van der Waals surface area (Å²) in [6.07, 6.45) is 5.80. The van der Waals surface area contributed by atoms with Gasteiger partial charge in [0.05, 0.1) is 24.0 Å². The first-order chi connectivity index (χ1) is 10.3. The van der Waals surface area contributed by atoms with Gasteiger partial charge in [0.15, 0.2) is 0 Å². The Hall–Kier alpha value is -1.65. The molecule has 1 aliphatic carbocycles. The molecule has 0 amide bonds. The highest BCUT2D eigenvalue weighted by molar-refractivity contribution is 5.63. The Kier molecular flexibility index (Phi) is 4.36. The van der Waals surface area contributed by atoms with Gasteiger partial charge in [0, 0.05) is 17.7 Å². The second kappa shape index (κ2) is 6.41. The maximum atomic E-state index is 10.4. The predicted octanol–water partition coefficient (Wildman–Crippen LogP) is 2.75. The molecule has 1 heterocycles. The minimum atomic E-state index is -0.288. The Morgan fingerprint density at radius 1 is 1.24 bits per heavy atom. The number of rotatable bonds is 4. The first-order valence-electron chi connectivity index (χ1n) is 7.75. The van der Waals surface area contributed by atoms with Crippen LogP contribution in [0.1, 0.15) is 37.3 Å². The van der Waals surface area contributed by atoms with E-state index in [9.17, 15) is 5.11 Å². The normalized spacial score (nSPS) is 22.4. The van der Waals surface area contributed by atoms with Crippen LogP contribution in [0.2, 0.25) is 0 Å². The van der Waals surface area contributed by atoms with Crippen LogP contribution >= 0.6 is 0 Å². The van der Waals surface area contributed by atoms with Gasteiger partial charge >= 0.3 is 0 Å². The Morgan fingerprint density at radius 2 is 2.00 bits per heavy atom. The lowest BCUT2D eigenvalue weighted by molar-refractivity contribution is 0.0703. The Bertz CT molecular complexity index is 579. The fraction of sp³-hybridized carbons (Fsp3) is 0.471. The van der Waals surface area contributed by atoms with Crippen molar-refractivity contribution in [1.82, 2.24) is 15.1 Å². The molecule has 4 nitrogen and oxygen atoms in total. The van der Waals surface area contributed by atoms with Gasteiger partial charge < -0.3 is 10.4 Å². The summed E-state index contributed by atoms with van der Waals surface area (Å²) in [7, 11) is 1.95. The van der Waals surface area contributed by atoms with Crippen molar-refractivity contribution in [1.29, 1.82) is 0 Å². The summed E-state index contributed by atoms with van der Waals surface area (Å²) in [5.74, 6) is 0. The fourth-order valence-corrected chi connectivity index (χ4v) is 3.26. The van der Waals surface area contributed by atoms with E-state index in [2.05, 4.69) is 22.5 Å². The molecular formula is C17H23N3O. The Labute approximate surface area is 125 Å². The molecular weight excluding hydrogens is 262 g/mol. The average Bonchev–Trinajstić information content (AvgIpc) is 2.92. The molecule has 4 heteroatoms. The molecule has 0 radical (unpaired) electrons. The molecule has 0 spiro atoms. The van der Waals surface area contributed by atoms with E-state index in [-0.39, 0.29) is 12.1 Å². The predicted molar refractivity (Wildman–Crippen MR) is 83.9 cm³/mol. The summed E-state index contributed by atoms with van der Waals surface area (Å²) < 4.78 is 2.05. The molecule has 2 aromatic rings. The quantitative estimate of drug-likeness (QED) is 0.908. The molecule has 1 aliphatic rings. The molecule has 2 atom stereocenters. The molecule has 0 saturated heterocycles. The Balaban J connectivity index is 2.04. The van der Waals surface area contributed by atoms with E-state index in [1.807, 2.05) is 36.1 Å². The highest BCUT2D eigenvalue weighted by Gasteiger charge is 2.28. The Morgan fingerprint density at radius 3 is 2.71 bits per heavy atom. The summed E-state index contributed by atoms with van der Waals surface area (Å²) in [5.41, 5.74) is 3.48. The zero-order valence-electron chi connectivity index (χ0n) is 12.5. The van der Waals surface area contributed by atoms with Crippen LogP contribution in [0.15, 0.2) is 36.5 Å². The minimum absolute atomic E-state index is 0.0968. The van der Waals surface area contributed by atoms with E-state index < -0.39 is 0 Å². The van der Waals surface area contributed by atoms with E-state index in [0.29, 0.717) is 0 Å². The van der Waals surface area contributed by atoms with Gasteiger partial charge in [-0.2, -0.15) is 5.10 Å². The molecule has 0 bridgehead atoms. The number of aromatic nitrogens is 2. The smallest absolute Gasteiger partial charge is 0.0785 e. The van der Waals surface area contributed by atoms with Gasteiger partial charge in [-0.25, -0.2) is 0 Å². The van der Waals surface area contributed by atoms with Crippen molar-refractivity contribution in [3.8, 4) is 11.3 Å². The molecule has 0 aliphatic heterocycles. The van der Waals surface area contributed by atoms with Gasteiger partial charge in [-0.05, 0) is 19.9 Å². The third-order valence-electron chi connectivity index (χ3n) is 4.29. The highest BCUT2D eigenvalue weighted by Crippen LogP contribution is 2.34. The van der Waals surface area contributed by atoms with Crippen molar-refractivity contribution >= 4 is 0 Å². The van der Waals surface area contributed by atoms with Gasteiger partial charge in [0.1, 0.15) is 0 Å². The molecule has 1 aromatic heterocycles. The van der Waals surface area contributed by atoms with Crippen molar-refractivity contribution in [2.24, 2.45) is 0 Å². The van der Waals surface area contributed by atoms with Crippen LogP contribution in [0, 0.1) is 0 Å². The minimum Gasteiger partial charge on any atom is -0.391 e. The molecule has 21 heavy (non-hydrogen) atoms. The monoisotopic (exact) mass is 285 g/mol. The summed E-state index contributed by atoms with van der Waals surface area (Å²) >= 11 is 0. The molecule has 3 rings (SSSR count). The van der Waals surface area contributed by atoms with Crippen LogP contribution in [0.25, 0.3) is 11.3 Å². The van der Waals surface area contributed by atoms with Crippen LogP contribution in [0.3, 0.4) is 0 Å². The number of hydrogen-bond donors (Lipinski definition) is 2. The molecule has 2 N–H and O–H groups in total. The van der Waals surface area contributed by atoms with Gasteiger partial charge in [-0.15, -0.1) is 0 Å². The van der Waals surface area contributed by atoms with Crippen molar-refractivity contribution in [2.75, 3.05) is 7.05 Å². The molecule has 2 unspecified atom stereocenters. The van der Waals surface area contributed by atoms with Crippen LogP contribution in [-0.4, -0.2) is 28.0 Å². The second-order valence-corrected chi connectivity index (χ2v) is 5.78. The topological polar surface area (TPSA) is 50.1 Å². The first-order valence-corrected chi connectivity index (χ1v) is 7.75. The fourth-order valence-electron chi connectivity index (χ4n) is 3.26. The van der Waals surface area contributed by atoms with Gasteiger partial charge in [0.25, 0.3) is 0 Å². The zero-order valence-corrected chi connectivity index (χ0v) is 12.5. The summed E-state index contributed by atoms with van der Waals surface area (Å²) in [6, 6.07) is 10.4. The SMILES string of the molecule is CNCc1cnn(C2CCCCC2O)c1-c1ccccc1. The number of hydrogen-bond acceptors (Lipinski definition) is 3. The van der Waals surface area contributed by atoms with Crippen molar-refractivity contribution in [2.45, 2.75) is 44.4 Å². The summed E-state index contributed by atoms with van der Waals surface area (Å²) in [6.45, 7) is 0.785. The van der Waals surface area contributed by atoms with Gasteiger partial charge in [0.2, 0.25) is 0 Å². The molecule has 1 saturated carbocycles. The van der Waals surface area contributed by atoms with E-state index in [1.54, 1.807) is 0 Å². The van der Waals surface area contributed by atoms with E-state index >= 15 is 0 Å². The van der Waals surface area contributed by atoms with Crippen LogP contribution < -0.4 is 5.32 Å². The van der Waals surface area contributed by atoms with E-state index in [1.165, 1.54) is 5.56 Å². The number of benzene rings is 1. The van der Waals surface area contributed by atoms with Crippen LogP contribution in [-0.2, 0) is 6.54 Å². The van der Waals surface area contributed by atoms with Gasteiger partial charge in [-0.1, -0.05) is 43.2 Å². The maximum Gasteiger partial charge on any atom is 0.0785 e.